The Morgan fingerprint density at radius 2 is 1.89 bits per heavy atom. The summed E-state index contributed by atoms with van der Waals surface area (Å²) in [6.07, 6.45) is 11.3. The molecule has 0 aromatic carbocycles. The van der Waals surface area contributed by atoms with Gasteiger partial charge in [0.05, 0.1) is 5.75 Å². The lowest BCUT2D eigenvalue weighted by atomic mass is 9.91. The molecule has 0 saturated heterocycles. The summed E-state index contributed by atoms with van der Waals surface area (Å²) in [5.41, 5.74) is 0. The molecule has 1 heterocycles. The quantitative estimate of drug-likeness (QED) is 0.843. The van der Waals surface area contributed by atoms with Crippen LogP contribution in [-0.4, -0.2) is 23.7 Å². The van der Waals surface area contributed by atoms with Gasteiger partial charge in [-0.25, -0.2) is 13.4 Å². The first-order chi connectivity index (χ1) is 8.67. The SMILES string of the molecule is O=S(=O)(CC1CCCCC1)c1nccn1C1CC1. The van der Waals surface area contributed by atoms with Crippen LogP contribution >= 0.6 is 0 Å². The molecule has 3 rings (SSSR count). The normalized spacial score (nSPS) is 22.2. The van der Waals surface area contributed by atoms with Gasteiger partial charge in [0.25, 0.3) is 0 Å². The number of hydrogen-bond donors (Lipinski definition) is 0. The molecule has 4 nitrogen and oxygen atoms in total. The van der Waals surface area contributed by atoms with Gasteiger partial charge in [0.2, 0.25) is 15.0 Å². The lowest BCUT2D eigenvalue weighted by Gasteiger charge is -2.21. The van der Waals surface area contributed by atoms with Crippen LogP contribution in [0.1, 0.15) is 51.0 Å². The lowest BCUT2D eigenvalue weighted by molar-refractivity contribution is 0.384. The van der Waals surface area contributed by atoms with E-state index < -0.39 is 9.84 Å². The molecule has 0 amide bonds. The van der Waals surface area contributed by atoms with Gasteiger partial charge in [0, 0.05) is 18.4 Å². The van der Waals surface area contributed by atoms with Crippen molar-refractivity contribution in [2.75, 3.05) is 5.75 Å². The summed E-state index contributed by atoms with van der Waals surface area (Å²) < 4.78 is 26.7. The Labute approximate surface area is 108 Å². The topological polar surface area (TPSA) is 52.0 Å². The van der Waals surface area contributed by atoms with Crippen LogP contribution in [0.25, 0.3) is 0 Å². The minimum atomic E-state index is -3.20. The Morgan fingerprint density at radius 1 is 1.17 bits per heavy atom. The molecule has 1 aromatic rings. The van der Waals surface area contributed by atoms with E-state index in [9.17, 15) is 8.42 Å². The molecule has 2 saturated carbocycles. The molecule has 2 fully saturated rings. The highest BCUT2D eigenvalue weighted by Gasteiger charge is 2.32. The summed E-state index contributed by atoms with van der Waals surface area (Å²) in [6, 6.07) is 0.378. The zero-order chi connectivity index (χ0) is 12.6. The number of aromatic nitrogens is 2. The molecule has 2 aliphatic rings. The lowest BCUT2D eigenvalue weighted by Crippen LogP contribution is -2.21. The summed E-state index contributed by atoms with van der Waals surface area (Å²) in [5.74, 6) is 0.629. The molecular weight excluding hydrogens is 248 g/mol. The van der Waals surface area contributed by atoms with Crippen LogP contribution in [0, 0.1) is 5.92 Å². The standard InChI is InChI=1S/C13H20N2O2S/c16-18(17,10-11-4-2-1-3-5-11)13-14-8-9-15(13)12-6-7-12/h8-9,11-12H,1-7,10H2. The Bertz CT molecular complexity index is 511. The molecule has 1 aromatic heterocycles. The average molecular weight is 268 g/mol. The Morgan fingerprint density at radius 3 is 2.56 bits per heavy atom. The fourth-order valence-corrected chi connectivity index (χ4v) is 4.77. The van der Waals surface area contributed by atoms with E-state index in [1.807, 2.05) is 10.8 Å². The number of sulfone groups is 1. The molecule has 2 aliphatic carbocycles. The van der Waals surface area contributed by atoms with Gasteiger partial charge < -0.3 is 4.57 Å². The molecule has 0 radical (unpaired) electrons. The van der Waals surface area contributed by atoms with Gasteiger partial charge in [-0.1, -0.05) is 19.3 Å². The molecule has 0 unspecified atom stereocenters. The third-order valence-electron chi connectivity index (χ3n) is 4.03. The van der Waals surface area contributed by atoms with E-state index in [2.05, 4.69) is 4.98 Å². The first-order valence-electron chi connectivity index (χ1n) is 6.92. The molecule has 100 valence electrons. The van der Waals surface area contributed by atoms with Gasteiger partial charge in [0.15, 0.2) is 0 Å². The van der Waals surface area contributed by atoms with Crippen LogP contribution in [0.5, 0.6) is 0 Å². The average Bonchev–Trinajstić information content (AvgIpc) is 3.07. The summed E-state index contributed by atoms with van der Waals surface area (Å²) in [5, 5.41) is 0.301. The van der Waals surface area contributed by atoms with Crippen molar-refractivity contribution in [2.24, 2.45) is 5.92 Å². The predicted octanol–water partition coefficient (Wildman–Crippen LogP) is 2.57. The fraction of sp³-hybridized carbons (Fsp3) is 0.769. The maximum atomic E-state index is 12.4. The van der Waals surface area contributed by atoms with Crippen molar-refractivity contribution in [3.05, 3.63) is 12.4 Å². The van der Waals surface area contributed by atoms with Crippen LogP contribution < -0.4 is 0 Å². The number of hydrogen-bond acceptors (Lipinski definition) is 3. The minimum Gasteiger partial charge on any atom is -0.319 e. The van der Waals surface area contributed by atoms with Gasteiger partial charge in [-0.3, -0.25) is 0 Å². The zero-order valence-electron chi connectivity index (χ0n) is 10.6. The molecular formula is C13H20N2O2S. The molecule has 0 spiro atoms. The van der Waals surface area contributed by atoms with Crippen LogP contribution in [0.2, 0.25) is 0 Å². The van der Waals surface area contributed by atoms with Crippen LogP contribution in [-0.2, 0) is 9.84 Å². The van der Waals surface area contributed by atoms with Gasteiger partial charge in [-0.05, 0) is 31.6 Å². The molecule has 0 bridgehead atoms. The third kappa shape index (κ3) is 2.46. The number of rotatable bonds is 4. The van der Waals surface area contributed by atoms with Gasteiger partial charge in [0.1, 0.15) is 0 Å². The minimum absolute atomic E-state index is 0.288. The maximum Gasteiger partial charge on any atom is 0.227 e. The second-order valence-electron chi connectivity index (χ2n) is 5.63. The Kier molecular flexibility index (Phi) is 3.18. The van der Waals surface area contributed by atoms with Crippen molar-refractivity contribution in [1.29, 1.82) is 0 Å². The second-order valence-corrected chi connectivity index (χ2v) is 7.56. The smallest absolute Gasteiger partial charge is 0.227 e. The third-order valence-corrected chi connectivity index (χ3v) is 5.81. The number of imidazole rings is 1. The van der Waals surface area contributed by atoms with E-state index in [-0.39, 0.29) is 5.75 Å². The first-order valence-corrected chi connectivity index (χ1v) is 8.57. The summed E-state index contributed by atoms with van der Waals surface area (Å²) in [4.78, 5) is 4.09. The maximum absolute atomic E-state index is 12.4. The summed E-state index contributed by atoms with van der Waals surface area (Å²) >= 11 is 0. The zero-order valence-corrected chi connectivity index (χ0v) is 11.4. The van der Waals surface area contributed by atoms with Crippen molar-refractivity contribution < 1.29 is 8.42 Å². The highest BCUT2D eigenvalue weighted by molar-refractivity contribution is 7.91. The van der Waals surface area contributed by atoms with Gasteiger partial charge in [-0.15, -0.1) is 0 Å². The molecule has 0 atom stereocenters. The Balaban J connectivity index is 1.78. The van der Waals surface area contributed by atoms with Crippen LogP contribution in [0.15, 0.2) is 17.6 Å². The van der Waals surface area contributed by atoms with E-state index in [1.165, 1.54) is 19.3 Å². The molecule has 18 heavy (non-hydrogen) atoms. The number of nitrogens with zero attached hydrogens (tertiary/aromatic N) is 2. The van der Waals surface area contributed by atoms with Crippen LogP contribution in [0.3, 0.4) is 0 Å². The van der Waals surface area contributed by atoms with Crippen molar-refractivity contribution >= 4 is 9.84 Å². The van der Waals surface area contributed by atoms with E-state index in [4.69, 9.17) is 0 Å². The van der Waals surface area contributed by atoms with E-state index in [1.54, 1.807) is 6.20 Å². The molecule has 0 aliphatic heterocycles. The van der Waals surface area contributed by atoms with E-state index >= 15 is 0 Å². The first kappa shape index (κ1) is 12.2. The van der Waals surface area contributed by atoms with Gasteiger partial charge in [-0.2, -0.15) is 0 Å². The van der Waals surface area contributed by atoms with Crippen molar-refractivity contribution in [3.63, 3.8) is 0 Å². The van der Waals surface area contributed by atoms with E-state index in [0.717, 1.165) is 25.7 Å². The Hall–Kier alpha value is -0.840. The monoisotopic (exact) mass is 268 g/mol. The highest BCUT2D eigenvalue weighted by atomic mass is 32.2. The van der Waals surface area contributed by atoms with Crippen molar-refractivity contribution in [1.82, 2.24) is 9.55 Å². The largest absolute Gasteiger partial charge is 0.319 e. The van der Waals surface area contributed by atoms with Gasteiger partial charge >= 0.3 is 0 Å². The second kappa shape index (κ2) is 4.68. The molecule has 5 heteroatoms. The van der Waals surface area contributed by atoms with Crippen LogP contribution in [0.4, 0.5) is 0 Å². The van der Waals surface area contributed by atoms with Crippen molar-refractivity contribution in [2.45, 2.75) is 56.1 Å². The summed E-state index contributed by atoms with van der Waals surface area (Å²) in [6.45, 7) is 0. The fourth-order valence-electron chi connectivity index (χ4n) is 2.91. The highest BCUT2D eigenvalue weighted by Crippen LogP contribution is 2.37. The predicted molar refractivity (Wildman–Crippen MR) is 69.1 cm³/mol. The van der Waals surface area contributed by atoms with Crippen molar-refractivity contribution in [3.8, 4) is 0 Å². The summed E-state index contributed by atoms with van der Waals surface area (Å²) in [7, 11) is -3.20. The molecule has 0 N–H and O–H groups in total. The van der Waals surface area contributed by atoms with E-state index in [0.29, 0.717) is 17.1 Å².